The zero-order chi connectivity index (χ0) is 11.0. The molecule has 0 saturated heterocycles. The molecule has 0 nitrogen and oxygen atoms in total. The highest BCUT2D eigenvalue weighted by Crippen LogP contribution is 2.45. The van der Waals surface area contributed by atoms with Crippen LogP contribution in [0.4, 0.5) is 0 Å². The average Bonchev–Trinajstić information content (AvgIpc) is 2.71. The maximum Gasteiger partial charge on any atom is 0.0772 e. The molecule has 2 rings (SSSR count). The van der Waals surface area contributed by atoms with Crippen LogP contribution in [0.15, 0.2) is 25.1 Å². The smallest absolute Gasteiger partial charge is 0.0772 e. The number of hydrogen-bond donors (Lipinski definition) is 0. The van der Waals surface area contributed by atoms with Crippen LogP contribution in [0, 0.1) is 0 Å². The normalized spacial score (nSPS) is 13.1. The minimum absolute atomic E-state index is 0.155. The van der Waals surface area contributed by atoms with Crippen LogP contribution in [0.3, 0.4) is 0 Å². The summed E-state index contributed by atoms with van der Waals surface area (Å²) >= 11 is 20.1. The molecule has 2 aromatic heterocycles. The number of hydrogen-bond acceptors (Lipinski definition) is 2. The van der Waals surface area contributed by atoms with Gasteiger partial charge in [0.2, 0.25) is 0 Å². The molecule has 2 heterocycles. The van der Waals surface area contributed by atoms with E-state index in [1.54, 1.807) is 22.7 Å². The van der Waals surface area contributed by atoms with Gasteiger partial charge in [-0.1, -0.05) is 27.5 Å². The summed E-state index contributed by atoms with van der Waals surface area (Å²) < 4.78 is 2.24. The van der Waals surface area contributed by atoms with E-state index in [1.165, 1.54) is 5.56 Å². The molecule has 0 aliphatic heterocycles. The maximum absolute atomic E-state index is 6.10. The molecule has 0 aromatic carbocycles. The molecule has 1 unspecified atom stereocenters. The van der Waals surface area contributed by atoms with Crippen molar-refractivity contribution < 1.29 is 0 Å². The Morgan fingerprint density at radius 2 is 2.07 bits per heavy atom. The summed E-state index contributed by atoms with van der Waals surface area (Å²) in [7, 11) is 0. The predicted octanol–water partition coefficient (Wildman–Crippen LogP) is 6.47. The van der Waals surface area contributed by atoms with Crippen LogP contribution in [0.2, 0.25) is 5.02 Å². The Labute approximate surface area is 126 Å². The third-order valence-corrected chi connectivity index (χ3v) is 6.89. The highest BCUT2D eigenvalue weighted by molar-refractivity contribution is 9.12. The van der Waals surface area contributed by atoms with E-state index in [2.05, 4.69) is 53.9 Å². The summed E-state index contributed by atoms with van der Waals surface area (Å²) in [5.74, 6) is 0. The summed E-state index contributed by atoms with van der Waals surface area (Å²) in [4.78, 5) is 1.30. The van der Waals surface area contributed by atoms with Crippen LogP contribution in [-0.2, 0) is 0 Å². The first-order chi connectivity index (χ1) is 7.09. The lowest BCUT2D eigenvalue weighted by molar-refractivity contribution is 1.23. The molecule has 0 radical (unpaired) electrons. The van der Waals surface area contributed by atoms with Crippen molar-refractivity contribution in [3.05, 3.63) is 40.5 Å². The molecular weight excluding hydrogens is 447 g/mol. The Morgan fingerprint density at radius 1 is 1.33 bits per heavy atom. The van der Waals surface area contributed by atoms with E-state index in [1.807, 2.05) is 11.4 Å². The van der Waals surface area contributed by atoms with Crippen LogP contribution in [0.25, 0.3) is 0 Å². The highest BCUT2D eigenvalue weighted by Gasteiger charge is 2.19. The molecule has 0 spiro atoms. The largest absolute Gasteiger partial charge is 0.146 e. The second-order valence-corrected chi connectivity index (χ2v) is 8.79. The van der Waals surface area contributed by atoms with Gasteiger partial charge in [-0.15, -0.1) is 22.7 Å². The van der Waals surface area contributed by atoms with Gasteiger partial charge in [0.25, 0.3) is 0 Å². The van der Waals surface area contributed by atoms with Gasteiger partial charge in [-0.3, -0.25) is 0 Å². The van der Waals surface area contributed by atoms with Crippen molar-refractivity contribution in [3.8, 4) is 0 Å². The predicted molar refractivity (Wildman–Crippen MR) is 79.8 cm³/mol. The van der Waals surface area contributed by atoms with Crippen LogP contribution in [0.5, 0.6) is 0 Å². The highest BCUT2D eigenvalue weighted by atomic mass is 79.9. The summed E-state index contributed by atoms with van der Waals surface area (Å²) in [5, 5.41) is 2.82. The van der Waals surface area contributed by atoms with Gasteiger partial charge in [-0.25, -0.2) is 0 Å². The van der Waals surface area contributed by atoms with Crippen molar-refractivity contribution in [1.29, 1.82) is 0 Å². The van der Waals surface area contributed by atoms with Crippen molar-refractivity contribution in [3.63, 3.8) is 0 Å². The van der Waals surface area contributed by atoms with Crippen molar-refractivity contribution in [2.24, 2.45) is 0 Å². The van der Waals surface area contributed by atoms with E-state index >= 15 is 0 Å². The second-order valence-electron chi connectivity index (χ2n) is 2.77. The minimum Gasteiger partial charge on any atom is -0.146 e. The quantitative estimate of drug-likeness (QED) is 0.459. The van der Waals surface area contributed by atoms with Crippen LogP contribution in [0.1, 0.15) is 15.3 Å². The van der Waals surface area contributed by atoms with Gasteiger partial charge in [-0.2, -0.15) is 0 Å². The molecule has 0 aliphatic carbocycles. The Hall–Kier alpha value is 1.13. The first-order valence-electron chi connectivity index (χ1n) is 3.91. The lowest BCUT2D eigenvalue weighted by Crippen LogP contribution is -1.88. The maximum atomic E-state index is 6.10. The molecule has 0 amide bonds. The van der Waals surface area contributed by atoms with Gasteiger partial charge in [0, 0.05) is 4.88 Å². The SMILES string of the molecule is Clc1ccsc1C(Br)c1cc(Br)sc1Br. The van der Waals surface area contributed by atoms with Crippen LogP contribution in [-0.4, -0.2) is 0 Å². The zero-order valence-electron chi connectivity index (χ0n) is 7.14. The van der Waals surface area contributed by atoms with Gasteiger partial charge in [0.05, 0.1) is 17.4 Å². The van der Waals surface area contributed by atoms with Crippen molar-refractivity contribution in [1.82, 2.24) is 0 Å². The summed E-state index contributed by atoms with van der Waals surface area (Å²) in [6, 6.07) is 4.02. The van der Waals surface area contributed by atoms with Gasteiger partial charge in [0.1, 0.15) is 0 Å². The molecule has 15 heavy (non-hydrogen) atoms. The van der Waals surface area contributed by atoms with Crippen molar-refractivity contribution in [2.45, 2.75) is 4.83 Å². The fourth-order valence-corrected chi connectivity index (χ4v) is 6.74. The topological polar surface area (TPSA) is 0 Å². The molecular formula is C9H4Br3ClS2. The first-order valence-corrected chi connectivity index (χ1v) is 8.49. The van der Waals surface area contributed by atoms with E-state index < -0.39 is 0 Å². The third-order valence-electron chi connectivity index (χ3n) is 1.83. The molecule has 6 heteroatoms. The Balaban J connectivity index is 2.40. The van der Waals surface area contributed by atoms with E-state index in [9.17, 15) is 0 Å². The second kappa shape index (κ2) is 5.19. The molecule has 2 aromatic rings. The fourth-order valence-electron chi connectivity index (χ4n) is 1.15. The molecule has 0 N–H and O–H groups in total. The number of rotatable bonds is 2. The number of thiophene rings is 2. The van der Waals surface area contributed by atoms with Crippen LogP contribution >= 0.6 is 82.1 Å². The van der Waals surface area contributed by atoms with E-state index in [0.29, 0.717) is 0 Å². The molecule has 1 atom stereocenters. The monoisotopic (exact) mass is 448 g/mol. The van der Waals surface area contributed by atoms with Gasteiger partial charge in [-0.05, 0) is 54.9 Å². The number of halogens is 4. The van der Waals surface area contributed by atoms with E-state index in [4.69, 9.17) is 11.6 Å². The van der Waals surface area contributed by atoms with Gasteiger partial charge < -0.3 is 0 Å². The van der Waals surface area contributed by atoms with E-state index in [0.717, 1.165) is 17.5 Å². The molecule has 80 valence electrons. The Bertz CT molecular complexity index is 477. The van der Waals surface area contributed by atoms with E-state index in [-0.39, 0.29) is 4.83 Å². The summed E-state index contributed by atoms with van der Waals surface area (Å²) in [6.45, 7) is 0. The Morgan fingerprint density at radius 3 is 2.53 bits per heavy atom. The molecule has 0 aliphatic rings. The van der Waals surface area contributed by atoms with Gasteiger partial charge >= 0.3 is 0 Å². The van der Waals surface area contributed by atoms with Gasteiger partial charge in [0.15, 0.2) is 0 Å². The molecule has 0 fully saturated rings. The van der Waals surface area contributed by atoms with Crippen molar-refractivity contribution in [2.75, 3.05) is 0 Å². The fraction of sp³-hybridized carbons (Fsp3) is 0.111. The lowest BCUT2D eigenvalue weighted by atomic mass is 10.2. The zero-order valence-corrected chi connectivity index (χ0v) is 14.3. The van der Waals surface area contributed by atoms with Crippen molar-refractivity contribution >= 4 is 82.1 Å². The summed E-state index contributed by atoms with van der Waals surface area (Å²) in [6.07, 6.45) is 0. The first kappa shape index (κ1) is 12.6. The Kier molecular flexibility index (Phi) is 4.35. The standard InChI is InChI=1S/C9H4Br3ClS2/c10-6-3-4(9(12)15-6)7(11)8-5(13)1-2-14-8/h1-3,7H. The lowest BCUT2D eigenvalue weighted by Gasteiger charge is -2.06. The average molecular weight is 451 g/mol. The molecule has 0 saturated carbocycles. The molecule has 0 bridgehead atoms. The minimum atomic E-state index is 0.155. The summed E-state index contributed by atoms with van der Waals surface area (Å²) in [5.41, 5.74) is 1.20. The third kappa shape index (κ3) is 2.69. The van der Waals surface area contributed by atoms with Crippen LogP contribution < -0.4 is 0 Å². The number of alkyl halides is 1.